The highest BCUT2D eigenvalue weighted by atomic mass is 32.2. The Bertz CT molecular complexity index is 1160. The first kappa shape index (κ1) is 20.9. The lowest BCUT2D eigenvalue weighted by Crippen LogP contribution is -2.41. The molecule has 10 heteroatoms. The number of anilines is 1. The van der Waals surface area contributed by atoms with Gasteiger partial charge in [0, 0.05) is 37.0 Å². The minimum atomic E-state index is -3.60. The average molecular weight is 439 g/mol. The molecule has 2 aromatic heterocycles. The Labute approximate surface area is 179 Å². The third-order valence-corrected chi connectivity index (χ3v) is 7.00. The number of hydrogen-bond acceptors (Lipinski definition) is 7. The highest BCUT2D eigenvalue weighted by Gasteiger charge is 2.32. The van der Waals surface area contributed by atoms with Crippen molar-refractivity contribution in [1.82, 2.24) is 19.3 Å². The second-order valence-electron chi connectivity index (χ2n) is 7.20. The number of hydrogen-bond donors (Lipinski definition) is 2. The van der Waals surface area contributed by atoms with Crippen LogP contribution in [0.4, 0.5) is 5.69 Å². The SMILES string of the molecule is O=C(Nc1cnc(-c2cccc(O)c2)nc1)C1CCN(S(=O)(=O)c2cccnc2)CC1. The van der Waals surface area contributed by atoms with Gasteiger partial charge in [0.05, 0.1) is 18.1 Å². The predicted octanol–water partition coefficient (Wildman–Crippen LogP) is 2.28. The van der Waals surface area contributed by atoms with Gasteiger partial charge in [0.1, 0.15) is 10.6 Å². The molecule has 1 aromatic carbocycles. The van der Waals surface area contributed by atoms with E-state index in [1.165, 1.54) is 35.2 Å². The van der Waals surface area contributed by atoms with Gasteiger partial charge in [0.15, 0.2) is 5.82 Å². The van der Waals surface area contributed by atoms with Gasteiger partial charge in [-0.15, -0.1) is 0 Å². The lowest BCUT2D eigenvalue weighted by molar-refractivity contribution is -0.120. The molecule has 0 unspecified atom stereocenters. The van der Waals surface area contributed by atoms with Crippen molar-refractivity contribution in [3.63, 3.8) is 0 Å². The van der Waals surface area contributed by atoms with Crippen LogP contribution in [0.25, 0.3) is 11.4 Å². The first-order valence-electron chi connectivity index (χ1n) is 9.76. The minimum Gasteiger partial charge on any atom is -0.508 e. The molecular weight excluding hydrogens is 418 g/mol. The Hall–Kier alpha value is -3.37. The summed E-state index contributed by atoms with van der Waals surface area (Å²) in [6, 6.07) is 9.69. The maximum absolute atomic E-state index is 12.7. The molecule has 0 atom stereocenters. The van der Waals surface area contributed by atoms with Crippen LogP contribution < -0.4 is 5.32 Å². The van der Waals surface area contributed by atoms with Crippen LogP contribution in [0.2, 0.25) is 0 Å². The van der Waals surface area contributed by atoms with E-state index in [9.17, 15) is 18.3 Å². The fraction of sp³-hybridized carbons (Fsp3) is 0.238. The molecule has 0 spiro atoms. The number of rotatable bonds is 5. The van der Waals surface area contributed by atoms with Crippen LogP contribution >= 0.6 is 0 Å². The van der Waals surface area contributed by atoms with Crippen molar-refractivity contribution in [1.29, 1.82) is 0 Å². The van der Waals surface area contributed by atoms with E-state index in [0.29, 0.717) is 29.9 Å². The molecule has 1 saturated heterocycles. The van der Waals surface area contributed by atoms with Crippen molar-refractivity contribution in [2.75, 3.05) is 18.4 Å². The molecule has 4 rings (SSSR count). The zero-order valence-corrected chi connectivity index (χ0v) is 17.4. The molecule has 2 N–H and O–H groups in total. The quantitative estimate of drug-likeness (QED) is 0.625. The van der Waals surface area contributed by atoms with Gasteiger partial charge in [0.25, 0.3) is 0 Å². The number of amides is 1. The summed E-state index contributed by atoms with van der Waals surface area (Å²) in [5.41, 5.74) is 1.12. The van der Waals surface area contributed by atoms with Crippen molar-refractivity contribution < 1.29 is 18.3 Å². The Morgan fingerprint density at radius 3 is 2.45 bits per heavy atom. The fourth-order valence-electron chi connectivity index (χ4n) is 3.44. The van der Waals surface area contributed by atoms with E-state index in [0.717, 1.165) is 0 Å². The number of carbonyl (C=O) groups is 1. The Kier molecular flexibility index (Phi) is 5.92. The topological polar surface area (TPSA) is 125 Å². The summed E-state index contributed by atoms with van der Waals surface area (Å²) in [6.07, 6.45) is 6.71. The number of sulfonamides is 1. The van der Waals surface area contributed by atoms with E-state index < -0.39 is 10.0 Å². The highest BCUT2D eigenvalue weighted by Crippen LogP contribution is 2.25. The van der Waals surface area contributed by atoms with Gasteiger partial charge in [-0.1, -0.05) is 12.1 Å². The van der Waals surface area contributed by atoms with Gasteiger partial charge in [0.2, 0.25) is 15.9 Å². The third-order valence-electron chi connectivity index (χ3n) is 5.12. The minimum absolute atomic E-state index is 0.121. The molecular formula is C21H21N5O4S. The van der Waals surface area contributed by atoms with Crippen LogP contribution in [0, 0.1) is 5.92 Å². The normalized spacial score (nSPS) is 15.5. The second-order valence-corrected chi connectivity index (χ2v) is 9.14. The molecule has 9 nitrogen and oxygen atoms in total. The highest BCUT2D eigenvalue weighted by molar-refractivity contribution is 7.89. The Morgan fingerprint density at radius 2 is 1.81 bits per heavy atom. The monoisotopic (exact) mass is 439 g/mol. The molecule has 1 aliphatic heterocycles. The van der Waals surface area contributed by atoms with Gasteiger partial charge in [-0.05, 0) is 37.1 Å². The van der Waals surface area contributed by atoms with Crippen LogP contribution in [0.15, 0.2) is 66.1 Å². The van der Waals surface area contributed by atoms with Crippen molar-refractivity contribution in [3.05, 3.63) is 61.2 Å². The molecule has 0 saturated carbocycles. The largest absolute Gasteiger partial charge is 0.508 e. The number of piperidine rings is 1. The Morgan fingerprint density at radius 1 is 1.06 bits per heavy atom. The van der Waals surface area contributed by atoms with Crippen molar-refractivity contribution in [2.24, 2.45) is 5.92 Å². The number of nitrogens with zero attached hydrogens (tertiary/aromatic N) is 4. The van der Waals surface area contributed by atoms with Gasteiger partial charge in [-0.3, -0.25) is 9.78 Å². The molecule has 31 heavy (non-hydrogen) atoms. The number of aromatic hydroxyl groups is 1. The smallest absolute Gasteiger partial charge is 0.244 e. The van der Waals surface area contributed by atoms with Crippen molar-refractivity contribution >= 4 is 21.6 Å². The van der Waals surface area contributed by atoms with Crippen molar-refractivity contribution in [3.8, 4) is 17.1 Å². The van der Waals surface area contributed by atoms with Gasteiger partial charge < -0.3 is 10.4 Å². The van der Waals surface area contributed by atoms with Crippen LogP contribution in [-0.2, 0) is 14.8 Å². The van der Waals surface area contributed by atoms with Gasteiger partial charge in [-0.25, -0.2) is 18.4 Å². The zero-order chi connectivity index (χ0) is 21.8. The molecule has 1 amide bonds. The van der Waals surface area contributed by atoms with Crippen LogP contribution in [0.3, 0.4) is 0 Å². The van der Waals surface area contributed by atoms with E-state index >= 15 is 0 Å². The summed E-state index contributed by atoms with van der Waals surface area (Å²) in [5.74, 6) is 0.0661. The lowest BCUT2D eigenvalue weighted by atomic mass is 9.97. The van der Waals surface area contributed by atoms with E-state index in [2.05, 4.69) is 20.3 Å². The number of carbonyl (C=O) groups excluding carboxylic acids is 1. The van der Waals surface area contributed by atoms with Crippen molar-refractivity contribution in [2.45, 2.75) is 17.7 Å². The summed E-state index contributed by atoms with van der Waals surface area (Å²) in [4.78, 5) is 25.1. The Balaban J connectivity index is 1.35. The standard InChI is InChI=1S/C21H21N5O4S/c27-18-4-1-3-16(11-18)20-23-12-17(13-24-20)25-21(28)15-6-9-26(10-7-15)31(29,30)19-5-2-8-22-14-19/h1-5,8,11-15,27H,6-7,9-10H2,(H,25,28). The van der Waals surface area contributed by atoms with E-state index in [1.807, 2.05) is 0 Å². The maximum Gasteiger partial charge on any atom is 0.244 e. The fourth-order valence-corrected chi connectivity index (χ4v) is 4.87. The average Bonchev–Trinajstić information content (AvgIpc) is 2.80. The first-order valence-corrected chi connectivity index (χ1v) is 11.2. The number of benzene rings is 1. The van der Waals surface area contributed by atoms with E-state index in [4.69, 9.17) is 0 Å². The third kappa shape index (κ3) is 4.70. The predicted molar refractivity (Wildman–Crippen MR) is 113 cm³/mol. The molecule has 0 radical (unpaired) electrons. The van der Waals surface area contributed by atoms with Crippen LogP contribution in [-0.4, -0.2) is 51.8 Å². The van der Waals surface area contributed by atoms with E-state index in [-0.39, 0.29) is 35.6 Å². The molecule has 3 aromatic rings. The number of phenols is 1. The summed E-state index contributed by atoms with van der Waals surface area (Å²) in [6.45, 7) is 0.532. The van der Waals surface area contributed by atoms with E-state index in [1.54, 1.807) is 30.3 Å². The number of phenolic OH excluding ortho intramolecular Hbond substituents is 1. The molecule has 1 fully saturated rings. The second kappa shape index (κ2) is 8.78. The summed E-state index contributed by atoms with van der Waals surface area (Å²) < 4.78 is 26.7. The summed E-state index contributed by atoms with van der Waals surface area (Å²) >= 11 is 0. The molecule has 0 aliphatic carbocycles. The molecule has 1 aliphatic rings. The number of pyridine rings is 1. The molecule has 0 bridgehead atoms. The van der Waals surface area contributed by atoms with Crippen LogP contribution in [0.5, 0.6) is 5.75 Å². The number of aromatic nitrogens is 3. The summed E-state index contributed by atoms with van der Waals surface area (Å²) in [5, 5.41) is 12.4. The van der Waals surface area contributed by atoms with Gasteiger partial charge >= 0.3 is 0 Å². The lowest BCUT2D eigenvalue weighted by Gasteiger charge is -2.30. The maximum atomic E-state index is 12.7. The van der Waals surface area contributed by atoms with Crippen LogP contribution in [0.1, 0.15) is 12.8 Å². The first-order chi connectivity index (χ1) is 14.9. The summed E-state index contributed by atoms with van der Waals surface area (Å²) in [7, 11) is -3.60. The molecule has 3 heterocycles. The number of nitrogens with one attached hydrogen (secondary N) is 1. The van der Waals surface area contributed by atoms with Gasteiger partial charge in [-0.2, -0.15) is 4.31 Å². The zero-order valence-electron chi connectivity index (χ0n) is 16.5. The molecule has 160 valence electrons.